The average molecular weight is 437 g/mol. The molecule has 0 saturated carbocycles. The average Bonchev–Trinajstić information content (AvgIpc) is 2.86. The van der Waals surface area contributed by atoms with Crippen LogP contribution in [-0.4, -0.2) is 73.9 Å². The van der Waals surface area contributed by atoms with Gasteiger partial charge in [-0.1, -0.05) is 0 Å². The maximum absolute atomic E-state index is 12.3. The first-order valence-electron chi connectivity index (χ1n) is 11.2. The highest BCUT2D eigenvalue weighted by Gasteiger charge is 2.14. The van der Waals surface area contributed by atoms with Crippen molar-refractivity contribution in [3.63, 3.8) is 0 Å². The zero-order valence-corrected chi connectivity index (χ0v) is 18.1. The topological polar surface area (TPSA) is 84.8 Å². The van der Waals surface area contributed by atoms with Crippen LogP contribution in [0.2, 0.25) is 0 Å². The van der Waals surface area contributed by atoms with Crippen molar-refractivity contribution in [2.24, 2.45) is 0 Å². The van der Waals surface area contributed by atoms with Crippen molar-refractivity contribution in [1.82, 2.24) is 20.1 Å². The highest BCUT2D eigenvalue weighted by Crippen LogP contribution is 2.28. The van der Waals surface area contributed by atoms with Crippen molar-refractivity contribution in [3.05, 3.63) is 52.9 Å². The molecule has 0 atom stereocenters. The van der Waals surface area contributed by atoms with Gasteiger partial charge in [0.1, 0.15) is 18.2 Å². The minimum Gasteiger partial charge on any atom is -0.491 e. The number of morpholine rings is 1. The Kier molecular flexibility index (Phi) is 6.17. The minimum absolute atomic E-state index is 0.133. The van der Waals surface area contributed by atoms with E-state index < -0.39 is 0 Å². The van der Waals surface area contributed by atoms with Crippen LogP contribution in [0.25, 0.3) is 10.9 Å². The van der Waals surface area contributed by atoms with Crippen LogP contribution in [0, 0.1) is 0 Å². The fourth-order valence-electron chi connectivity index (χ4n) is 4.16. The number of pyridine rings is 1. The van der Waals surface area contributed by atoms with Gasteiger partial charge in [-0.2, -0.15) is 5.10 Å². The molecule has 9 nitrogen and oxygen atoms in total. The smallest absolute Gasteiger partial charge is 0.266 e. The second kappa shape index (κ2) is 9.54. The van der Waals surface area contributed by atoms with Gasteiger partial charge < -0.3 is 24.6 Å². The molecule has 2 aliphatic heterocycles. The Morgan fingerprint density at radius 2 is 1.84 bits per heavy atom. The van der Waals surface area contributed by atoms with E-state index in [1.54, 1.807) is 18.3 Å². The molecule has 2 aromatic heterocycles. The van der Waals surface area contributed by atoms with Gasteiger partial charge in [0, 0.05) is 62.6 Å². The maximum atomic E-state index is 12.3. The van der Waals surface area contributed by atoms with E-state index in [9.17, 15) is 4.79 Å². The maximum Gasteiger partial charge on any atom is 0.266 e. The molecule has 9 heteroatoms. The van der Waals surface area contributed by atoms with Gasteiger partial charge in [0.25, 0.3) is 5.56 Å². The molecule has 3 aromatic rings. The zero-order chi connectivity index (χ0) is 21.8. The summed E-state index contributed by atoms with van der Waals surface area (Å²) in [4.78, 5) is 21.3. The lowest BCUT2D eigenvalue weighted by atomic mass is 10.1. The number of fused-ring (bicyclic) bond motifs is 1. The van der Waals surface area contributed by atoms with Gasteiger partial charge in [-0.05, 0) is 30.3 Å². The number of hydrogen-bond donors (Lipinski definition) is 1. The Morgan fingerprint density at radius 1 is 1.00 bits per heavy atom. The number of nitrogens with zero attached hydrogens (tertiary/aromatic N) is 5. The van der Waals surface area contributed by atoms with Crippen LogP contribution in [0.4, 0.5) is 11.5 Å². The molecule has 4 heterocycles. The van der Waals surface area contributed by atoms with E-state index in [1.165, 1.54) is 10.4 Å². The lowest BCUT2D eigenvalue weighted by Crippen LogP contribution is -2.43. The molecule has 1 aromatic carbocycles. The first-order valence-corrected chi connectivity index (χ1v) is 11.2. The van der Waals surface area contributed by atoms with Crippen molar-refractivity contribution < 1.29 is 9.47 Å². The molecule has 2 fully saturated rings. The van der Waals surface area contributed by atoms with Crippen LogP contribution in [0.3, 0.4) is 0 Å². The molecule has 2 saturated heterocycles. The number of aromatic nitrogens is 3. The SMILES string of the molecule is O=c1ccc(N2CCOCC2)nn1CCOc1ccnc2cc(N3CCNCC3)ccc12. The predicted molar refractivity (Wildman–Crippen MR) is 124 cm³/mol. The molecule has 0 spiro atoms. The van der Waals surface area contributed by atoms with Crippen LogP contribution in [-0.2, 0) is 11.3 Å². The molecule has 0 bridgehead atoms. The van der Waals surface area contributed by atoms with Crippen molar-refractivity contribution >= 4 is 22.4 Å². The molecular weight excluding hydrogens is 408 g/mol. The highest BCUT2D eigenvalue weighted by atomic mass is 16.5. The van der Waals surface area contributed by atoms with Gasteiger partial charge in [-0.25, -0.2) is 4.68 Å². The third-order valence-electron chi connectivity index (χ3n) is 5.92. The standard InChI is InChI=1S/C23H28N6O3/c30-23-4-3-22(28-11-14-31-15-12-28)26-29(23)13-16-32-21-5-6-25-20-17-18(1-2-19(20)21)27-9-7-24-8-10-27/h1-6,17,24H,7-16H2. The molecule has 0 aliphatic carbocycles. The van der Waals surface area contributed by atoms with E-state index in [0.717, 1.165) is 61.7 Å². The molecule has 168 valence electrons. The number of piperazine rings is 1. The summed E-state index contributed by atoms with van der Waals surface area (Å²) in [7, 11) is 0. The lowest BCUT2D eigenvalue weighted by Gasteiger charge is -2.29. The number of ether oxygens (including phenoxy) is 2. The monoisotopic (exact) mass is 436 g/mol. The molecular formula is C23H28N6O3. The third-order valence-corrected chi connectivity index (χ3v) is 5.92. The molecule has 32 heavy (non-hydrogen) atoms. The molecule has 1 N–H and O–H groups in total. The second-order valence-electron chi connectivity index (χ2n) is 7.95. The van der Waals surface area contributed by atoms with Crippen LogP contribution < -0.4 is 25.4 Å². The van der Waals surface area contributed by atoms with E-state index in [4.69, 9.17) is 9.47 Å². The Bertz CT molecular complexity index is 1120. The molecule has 0 amide bonds. The summed E-state index contributed by atoms with van der Waals surface area (Å²) >= 11 is 0. The summed E-state index contributed by atoms with van der Waals surface area (Å²) in [5.74, 6) is 1.56. The summed E-state index contributed by atoms with van der Waals surface area (Å²) in [6.07, 6.45) is 1.77. The van der Waals surface area contributed by atoms with E-state index in [0.29, 0.717) is 26.4 Å². The number of rotatable bonds is 6. The molecule has 5 rings (SSSR count). The van der Waals surface area contributed by atoms with Crippen molar-refractivity contribution in [2.45, 2.75) is 6.54 Å². The number of anilines is 2. The quantitative estimate of drug-likeness (QED) is 0.615. The van der Waals surface area contributed by atoms with Gasteiger partial charge in [-0.15, -0.1) is 0 Å². The second-order valence-corrected chi connectivity index (χ2v) is 7.95. The van der Waals surface area contributed by atoms with Gasteiger partial charge in [0.15, 0.2) is 0 Å². The fourth-order valence-corrected chi connectivity index (χ4v) is 4.16. The van der Waals surface area contributed by atoms with Crippen molar-refractivity contribution in [1.29, 1.82) is 0 Å². The van der Waals surface area contributed by atoms with E-state index in [-0.39, 0.29) is 5.56 Å². The van der Waals surface area contributed by atoms with E-state index in [1.807, 2.05) is 6.07 Å². The predicted octanol–water partition coefficient (Wildman–Crippen LogP) is 1.12. The van der Waals surface area contributed by atoms with Crippen LogP contribution >= 0.6 is 0 Å². The normalized spacial score (nSPS) is 17.0. The van der Waals surface area contributed by atoms with Crippen molar-refractivity contribution in [3.8, 4) is 5.75 Å². The van der Waals surface area contributed by atoms with Crippen LogP contribution in [0.15, 0.2) is 47.4 Å². The summed E-state index contributed by atoms with van der Waals surface area (Å²) < 4.78 is 12.9. The van der Waals surface area contributed by atoms with E-state index >= 15 is 0 Å². The Balaban J connectivity index is 1.27. The molecule has 0 unspecified atom stereocenters. The van der Waals surface area contributed by atoms with Gasteiger partial charge in [-0.3, -0.25) is 9.78 Å². The third kappa shape index (κ3) is 4.53. The first kappa shape index (κ1) is 20.7. The number of nitrogens with one attached hydrogen (secondary N) is 1. The zero-order valence-electron chi connectivity index (χ0n) is 18.1. The highest BCUT2D eigenvalue weighted by molar-refractivity contribution is 5.87. The number of hydrogen-bond acceptors (Lipinski definition) is 8. The van der Waals surface area contributed by atoms with E-state index in [2.05, 4.69) is 43.4 Å². The Labute approximate surface area is 186 Å². The summed E-state index contributed by atoms with van der Waals surface area (Å²) in [5.41, 5.74) is 1.95. The minimum atomic E-state index is -0.133. The Morgan fingerprint density at radius 3 is 2.69 bits per heavy atom. The van der Waals surface area contributed by atoms with Gasteiger partial charge >= 0.3 is 0 Å². The first-order chi connectivity index (χ1) is 15.8. The van der Waals surface area contributed by atoms with Crippen LogP contribution in [0.1, 0.15) is 0 Å². The summed E-state index contributed by atoms with van der Waals surface area (Å²) in [5, 5.41) is 8.87. The molecule has 0 radical (unpaired) electrons. The summed E-state index contributed by atoms with van der Waals surface area (Å²) in [6, 6.07) is 11.5. The van der Waals surface area contributed by atoms with Crippen molar-refractivity contribution in [2.75, 3.05) is 68.9 Å². The summed E-state index contributed by atoms with van der Waals surface area (Å²) in [6.45, 7) is 7.60. The van der Waals surface area contributed by atoms with Gasteiger partial charge in [0.2, 0.25) is 0 Å². The largest absolute Gasteiger partial charge is 0.491 e. The lowest BCUT2D eigenvalue weighted by molar-refractivity contribution is 0.122. The fraction of sp³-hybridized carbons (Fsp3) is 0.435. The van der Waals surface area contributed by atoms with Gasteiger partial charge in [0.05, 0.1) is 25.3 Å². The van der Waals surface area contributed by atoms with Crippen LogP contribution in [0.5, 0.6) is 5.75 Å². The number of benzene rings is 1. The Hall–Kier alpha value is -3.17. The molecule has 2 aliphatic rings.